The summed E-state index contributed by atoms with van der Waals surface area (Å²) in [5, 5.41) is 6.82. The Morgan fingerprint density at radius 2 is 2.40 bits per heavy atom. The first-order valence-corrected chi connectivity index (χ1v) is 8.32. The van der Waals surface area contributed by atoms with Gasteiger partial charge in [0.1, 0.15) is 5.01 Å². The van der Waals surface area contributed by atoms with Crippen LogP contribution in [0, 0.1) is 12.8 Å². The molecule has 2 rings (SSSR count). The zero-order valence-corrected chi connectivity index (χ0v) is 13.3. The highest BCUT2D eigenvalue weighted by molar-refractivity contribution is 7.09. The highest BCUT2D eigenvalue weighted by Gasteiger charge is 2.29. The monoisotopic (exact) mass is 296 g/mol. The molecule has 1 N–H and O–H groups in total. The molecule has 1 heterocycles. The number of carbonyl (C=O) groups is 1. The highest BCUT2D eigenvalue weighted by Crippen LogP contribution is 2.28. The summed E-state index contributed by atoms with van der Waals surface area (Å²) in [6, 6.07) is 0.636. The minimum atomic E-state index is -0.0308. The van der Waals surface area contributed by atoms with Gasteiger partial charge in [-0.1, -0.05) is 6.42 Å². The first kappa shape index (κ1) is 15.4. The molecule has 1 aliphatic rings. The van der Waals surface area contributed by atoms with Crippen molar-refractivity contribution in [2.24, 2.45) is 5.92 Å². The van der Waals surface area contributed by atoms with E-state index in [1.807, 2.05) is 13.8 Å². The van der Waals surface area contributed by atoms with Gasteiger partial charge in [0, 0.05) is 17.1 Å². The maximum atomic E-state index is 11.8. The third-order valence-electron chi connectivity index (χ3n) is 3.79. The number of rotatable bonds is 5. The van der Waals surface area contributed by atoms with E-state index in [0.717, 1.165) is 36.4 Å². The number of hydrogen-bond donors (Lipinski definition) is 1. The van der Waals surface area contributed by atoms with Crippen molar-refractivity contribution in [2.75, 3.05) is 6.61 Å². The minimum absolute atomic E-state index is 0.0308. The molecular formula is C15H24N2O2S. The van der Waals surface area contributed by atoms with Gasteiger partial charge in [0.2, 0.25) is 0 Å². The smallest absolute Gasteiger partial charge is 0.308 e. The van der Waals surface area contributed by atoms with Crippen molar-refractivity contribution in [3.63, 3.8) is 0 Å². The Balaban J connectivity index is 1.87. The van der Waals surface area contributed by atoms with Gasteiger partial charge in [0.25, 0.3) is 0 Å². The Hall–Kier alpha value is -0.940. The summed E-state index contributed by atoms with van der Waals surface area (Å²) < 4.78 is 5.15. The fourth-order valence-corrected chi connectivity index (χ4v) is 3.62. The van der Waals surface area contributed by atoms with E-state index < -0.39 is 0 Å². The number of hydrogen-bond acceptors (Lipinski definition) is 5. The molecule has 20 heavy (non-hydrogen) atoms. The summed E-state index contributed by atoms with van der Waals surface area (Å²) >= 11 is 1.70. The van der Waals surface area contributed by atoms with Gasteiger partial charge >= 0.3 is 5.97 Å². The van der Waals surface area contributed by atoms with Gasteiger partial charge in [-0.05, 0) is 40.0 Å². The van der Waals surface area contributed by atoms with Crippen molar-refractivity contribution in [1.29, 1.82) is 0 Å². The second kappa shape index (κ2) is 7.18. The molecule has 1 aromatic heterocycles. The molecule has 0 spiro atoms. The van der Waals surface area contributed by atoms with Gasteiger partial charge in [-0.2, -0.15) is 0 Å². The maximum absolute atomic E-state index is 11.8. The number of thiazole rings is 1. The Kier molecular flexibility index (Phi) is 5.54. The first-order valence-electron chi connectivity index (χ1n) is 7.44. The number of esters is 1. The first-order chi connectivity index (χ1) is 9.60. The van der Waals surface area contributed by atoms with Crippen molar-refractivity contribution in [3.05, 3.63) is 16.1 Å². The zero-order valence-electron chi connectivity index (χ0n) is 12.5. The molecule has 0 saturated heterocycles. The molecule has 3 unspecified atom stereocenters. The maximum Gasteiger partial charge on any atom is 0.308 e. The van der Waals surface area contributed by atoms with Gasteiger partial charge < -0.3 is 10.1 Å². The van der Waals surface area contributed by atoms with E-state index in [4.69, 9.17) is 4.74 Å². The molecule has 1 aromatic rings. The summed E-state index contributed by atoms with van der Waals surface area (Å²) in [6.07, 6.45) is 4.06. The Morgan fingerprint density at radius 1 is 1.60 bits per heavy atom. The van der Waals surface area contributed by atoms with Gasteiger partial charge in [0.05, 0.1) is 18.6 Å². The quantitative estimate of drug-likeness (QED) is 0.848. The van der Waals surface area contributed by atoms with Crippen LogP contribution < -0.4 is 5.32 Å². The molecule has 1 saturated carbocycles. The average Bonchev–Trinajstić information content (AvgIpc) is 2.86. The molecule has 0 radical (unpaired) electrons. The molecule has 1 fully saturated rings. The average molecular weight is 296 g/mol. The molecule has 4 nitrogen and oxygen atoms in total. The van der Waals surface area contributed by atoms with E-state index in [1.54, 1.807) is 11.3 Å². The van der Waals surface area contributed by atoms with Crippen LogP contribution in [0.2, 0.25) is 0 Å². The van der Waals surface area contributed by atoms with Crippen LogP contribution in [0.25, 0.3) is 0 Å². The van der Waals surface area contributed by atoms with E-state index in [9.17, 15) is 4.79 Å². The number of carbonyl (C=O) groups excluding carboxylic acids is 1. The molecule has 0 aliphatic heterocycles. The largest absolute Gasteiger partial charge is 0.466 e. The normalized spacial score (nSPS) is 24.4. The fraction of sp³-hybridized carbons (Fsp3) is 0.733. The van der Waals surface area contributed by atoms with E-state index in [1.165, 1.54) is 0 Å². The molecule has 1 aliphatic carbocycles. The molecule has 0 amide bonds. The molecule has 0 aromatic carbocycles. The van der Waals surface area contributed by atoms with E-state index in [0.29, 0.717) is 12.6 Å². The number of nitrogens with zero attached hydrogens (tertiary/aromatic N) is 1. The second-order valence-corrected chi connectivity index (χ2v) is 6.42. The standard InChI is InChI=1S/C15H24N2O2S/c1-4-19-15(18)12-6-5-7-13(8-12)17-11(3)14-16-10(2)9-20-14/h9,11-13,17H,4-8H2,1-3H3. The lowest BCUT2D eigenvalue weighted by molar-refractivity contribution is -0.149. The lowest BCUT2D eigenvalue weighted by Gasteiger charge is -2.30. The topological polar surface area (TPSA) is 51.2 Å². The predicted octanol–water partition coefficient (Wildman–Crippen LogP) is 3.22. The van der Waals surface area contributed by atoms with Crippen LogP contribution in [-0.4, -0.2) is 23.6 Å². The summed E-state index contributed by atoms with van der Waals surface area (Å²) in [5.74, 6) is 0.0307. The predicted molar refractivity (Wildman–Crippen MR) is 80.8 cm³/mol. The van der Waals surface area contributed by atoms with Crippen LogP contribution in [0.15, 0.2) is 5.38 Å². The van der Waals surface area contributed by atoms with Gasteiger partial charge in [-0.15, -0.1) is 11.3 Å². The van der Waals surface area contributed by atoms with Crippen molar-refractivity contribution in [2.45, 2.75) is 58.5 Å². The zero-order chi connectivity index (χ0) is 14.5. The summed E-state index contributed by atoms with van der Waals surface area (Å²) in [4.78, 5) is 16.4. The molecule has 5 heteroatoms. The molecule has 112 valence electrons. The van der Waals surface area contributed by atoms with Crippen LogP contribution >= 0.6 is 11.3 Å². The van der Waals surface area contributed by atoms with E-state index in [-0.39, 0.29) is 17.9 Å². The Labute approximate surface area is 124 Å². The SMILES string of the molecule is CCOC(=O)C1CCCC(NC(C)c2nc(C)cs2)C1. The third-order valence-corrected chi connectivity index (χ3v) is 4.93. The summed E-state index contributed by atoms with van der Waals surface area (Å²) in [5.41, 5.74) is 1.08. The van der Waals surface area contributed by atoms with E-state index >= 15 is 0 Å². The van der Waals surface area contributed by atoms with Crippen LogP contribution in [0.4, 0.5) is 0 Å². The summed E-state index contributed by atoms with van der Waals surface area (Å²) in [7, 11) is 0. The van der Waals surface area contributed by atoms with Crippen molar-refractivity contribution < 1.29 is 9.53 Å². The molecule has 3 atom stereocenters. The van der Waals surface area contributed by atoms with Gasteiger partial charge in [0.15, 0.2) is 0 Å². The van der Waals surface area contributed by atoms with Crippen LogP contribution in [0.5, 0.6) is 0 Å². The van der Waals surface area contributed by atoms with Crippen molar-refractivity contribution in [3.8, 4) is 0 Å². The van der Waals surface area contributed by atoms with Crippen LogP contribution in [-0.2, 0) is 9.53 Å². The van der Waals surface area contributed by atoms with Gasteiger partial charge in [-0.25, -0.2) is 4.98 Å². The fourth-order valence-electron chi connectivity index (χ4n) is 2.81. The second-order valence-electron chi connectivity index (χ2n) is 5.53. The van der Waals surface area contributed by atoms with Gasteiger partial charge in [-0.3, -0.25) is 4.79 Å². The number of ether oxygens (including phenoxy) is 1. The third kappa shape index (κ3) is 4.03. The molecular weight excluding hydrogens is 272 g/mol. The Morgan fingerprint density at radius 3 is 3.05 bits per heavy atom. The van der Waals surface area contributed by atoms with Crippen LogP contribution in [0.1, 0.15) is 56.3 Å². The number of aromatic nitrogens is 1. The lowest BCUT2D eigenvalue weighted by Crippen LogP contribution is -2.38. The number of aryl methyl sites for hydroxylation is 1. The molecule has 0 bridgehead atoms. The Bertz CT molecular complexity index is 447. The van der Waals surface area contributed by atoms with Crippen LogP contribution in [0.3, 0.4) is 0 Å². The van der Waals surface area contributed by atoms with E-state index in [2.05, 4.69) is 22.6 Å². The van der Waals surface area contributed by atoms with Crippen molar-refractivity contribution >= 4 is 17.3 Å². The summed E-state index contributed by atoms with van der Waals surface area (Å²) in [6.45, 7) is 6.50. The minimum Gasteiger partial charge on any atom is -0.466 e. The highest BCUT2D eigenvalue weighted by atomic mass is 32.1. The lowest BCUT2D eigenvalue weighted by atomic mass is 9.85. The van der Waals surface area contributed by atoms with Crippen molar-refractivity contribution in [1.82, 2.24) is 10.3 Å². The number of nitrogens with one attached hydrogen (secondary N) is 1.